The zero-order valence-electron chi connectivity index (χ0n) is 11.6. The molecule has 1 unspecified atom stereocenters. The monoisotopic (exact) mass is 354 g/mol. The highest BCUT2D eigenvalue weighted by Crippen LogP contribution is 2.35. The summed E-state index contributed by atoms with van der Waals surface area (Å²) < 4.78 is 32.6. The Bertz CT molecular complexity index is 867. The lowest BCUT2D eigenvalue weighted by atomic mass is 10.1. The summed E-state index contributed by atoms with van der Waals surface area (Å²) >= 11 is 5.75. The number of hydrogen-bond donors (Lipinski definition) is 1. The van der Waals surface area contributed by atoms with Crippen molar-refractivity contribution in [2.75, 3.05) is 6.61 Å². The van der Waals surface area contributed by atoms with Crippen LogP contribution in [0.4, 0.5) is 5.69 Å². The molecule has 2 aromatic rings. The summed E-state index contributed by atoms with van der Waals surface area (Å²) in [6, 6.07) is 9.12. The number of nitrogens with one attached hydrogen (secondary N) is 1. The van der Waals surface area contributed by atoms with E-state index in [4.69, 9.17) is 16.3 Å². The third-order valence-electron chi connectivity index (χ3n) is 3.41. The predicted molar refractivity (Wildman–Crippen MR) is 83.1 cm³/mol. The fraction of sp³-hybridized carbons (Fsp3) is 0.143. The molecule has 23 heavy (non-hydrogen) atoms. The Morgan fingerprint density at radius 1 is 1.22 bits per heavy atom. The van der Waals surface area contributed by atoms with E-state index in [-0.39, 0.29) is 17.2 Å². The van der Waals surface area contributed by atoms with Crippen LogP contribution in [-0.2, 0) is 10.0 Å². The number of hydrogen-bond acceptors (Lipinski definition) is 5. The van der Waals surface area contributed by atoms with Gasteiger partial charge in [-0.15, -0.1) is 0 Å². The highest BCUT2D eigenvalue weighted by molar-refractivity contribution is 7.89. The minimum Gasteiger partial charge on any atom is -0.491 e. The van der Waals surface area contributed by atoms with Crippen LogP contribution in [0.15, 0.2) is 47.4 Å². The Labute approximate surface area is 137 Å². The number of nitro benzene ring substituents is 1. The molecule has 1 heterocycles. The summed E-state index contributed by atoms with van der Waals surface area (Å²) in [4.78, 5) is 10.4. The van der Waals surface area contributed by atoms with Crippen LogP contribution in [-0.4, -0.2) is 19.9 Å². The van der Waals surface area contributed by atoms with Gasteiger partial charge in [0.1, 0.15) is 12.4 Å². The van der Waals surface area contributed by atoms with E-state index in [2.05, 4.69) is 4.72 Å². The van der Waals surface area contributed by atoms with Gasteiger partial charge < -0.3 is 4.74 Å². The molecule has 0 bridgehead atoms. The summed E-state index contributed by atoms with van der Waals surface area (Å²) in [5.74, 6) is 0.430. The Morgan fingerprint density at radius 2 is 1.91 bits per heavy atom. The zero-order valence-corrected chi connectivity index (χ0v) is 13.2. The molecule has 0 amide bonds. The van der Waals surface area contributed by atoms with Gasteiger partial charge in [0.25, 0.3) is 5.69 Å². The van der Waals surface area contributed by atoms with E-state index in [0.717, 1.165) is 0 Å². The summed E-state index contributed by atoms with van der Waals surface area (Å²) in [7, 11) is -3.79. The lowest BCUT2D eigenvalue weighted by molar-refractivity contribution is -0.384. The molecule has 1 aliphatic heterocycles. The summed E-state index contributed by atoms with van der Waals surface area (Å²) in [5, 5.41) is 11.3. The molecule has 2 aromatic carbocycles. The van der Waals surface area contributed by atoms with Crippen molar-refractivity contribution in [2.45, 2.75) is 10.9 Å². The van der Waals surface area contributed by atoms with Gasteiger partial charge >= 0.3 is 0 Å². The molecule has 1 N–H and O–H groups in total. The first-order valence-corrected chi connectivity index (χ1v) is 8.42. The lowest BCUT2D eigenvalue weighted by Gasteiger charge is -2.12. The van der Waals surface area contributed by atoms with Crippen molar-refractivity contribution in [2.24, 2.45) is 0 Å². The quantitative estimate of drug-likeness (QED) is 0.672. The van der Waals surface area contributed by atoms with Crippen molar-refractivity contribution in [3.63, 3.8) is 0 Å². The van der Waals surface area contributed by atoms with Crippen LogP contribution >= 0.6 is 11.6 Å². The second kappa shape index (κ2) is 5.80. The first-order chi connectivity index (χ1) is 10.9. The van der Waals surface area contributed by atoms with E-state index < -0.39 is 21.0 Å². The molecule has 0 spiro atoms. The molecule has 0 aliphatic carbocycles. The van der Waals surface area contributed by atoms with E-state index in [1.54, 1.807) is 0 Å². The molecule has 1 aliphatic rings. The van der Waals surface area contributed by atoms with Crippen LogP contribution in [0.1, 0.15) is 11.6 Å². The van der Waals surface area contributed by atoms with E-state index in [1.165, 1.54) is 42.5 Å². The molecule has 0 saturated carbocycles. The van der Waals surface area contributed by atoms with Gasteiger partial charge in [0.2, 0.25) is 10.0 Å². The van der Waals surface area contributed by atoms with E-state index >= 15 is 0 Å². The highest BCUT2D eigenvalue weighted by Gasteiger charge is 2.30. The minimum absolute atomic E-state index is 0.0563. The third kappa shape index (κ3) is 3.14. The van der Waals surface area contributed by atoms with Crippen LogP contribution in [0.3, 0.4) is 0 Å². The topological polar surface area (TPSA) is 98.5 Å². The Kier molecular flexibility index (Phi) is 3.97. The molecule has 9 heteroatoms. The molecule has 0 aromatic heterocycles. The normalized spacial score (nSPS) is 16.7. The number of nitro groups is 1. The first kappa shape index (κ1) is 15.7. The Balaban J connectivity index is 1.89. The van der Waals surface area contributed by atoms with Crippen LogP contribution in [0, 0.1) is 10.1 Å². The fourth-order valence-electron chi connectivity index (χ4n) is 2.28. The first-order valence-electron chi connectivity index (χ1n) is 6.56. The van der Waals surface area contributed by atoms with Crippen LogP contribution in [0.25, 0.3) is 0 Å². The average Bonchev–Trinajstić information content (AvgIpc) is 2.89. The average molecular weight is 355 g/mol. The van der Waals surface area contributed by atoms with E-state index in [0.29, 0.717) is 16.3 Å². The van der Waals surface area contributed by atoms with Gasteiger partial charge in [-0.2, -0.15) is 0 Å². The number of halogens is 1. The number of non-ortho nitro benzene ring substituents is 1. The SMILES string of the molecule is O=[N+]([O-])c1ccc2c(c1)C(NS(=O)(=O)c1ccc(Cl)cc1)CO2. The van der Waals surface area contributed by atoms with E-state index in [9.17, 15) is 18.5 Å². The fourth-order valence-corrected chi connectivity index (χ4v) is 3.61. The van der Waals surface area contributed by atoms with Gasteiger partial charge in [0.05, 0.1) is 15.9 Å². The van der Waals surface area contributed by atoms with Crippen molar-refractivity contribution < 1.29 is 18.1 Å². The van der Waals surface area contributed by atoms with Crippen molar-refractivity contribution in [1.82, 2.24) is 4.72 Å². The highest BCUT2D eigenvalue weighted by atomic mass is 35.5. The van der Waals surface area contributed by atoms with Gasteiger partial charge in [-0.25, -0.2) is 13.1 Å². The van der Waals surface area contributed by atoms with Crippen molar-refractivity contribution in [1.29, 1.82) is 0 Å². The molecule has 7 nitrogen and oxygen atoms in total. The number of benzene rings is 2. The van der Waals surface area contributed by atoms with Crippen LogP contribution < -0.4 is 9.46 Å². The third-order valence-corrected chi connectivity index (χ3v) is 5.15. The standard InChI is InChI=1S/C14H11ClN2O5S/c15-9-1-4-11(5-2-9)23(20,21)16-13-8-22-14-6-3-10(17(18)19)7-12(13)14/h1-7,13,16H,8H2. The maximum Gasteiger partial charge on any atom is 0.270 e. The predicted octanol–water partition coefficient (Wildman–Crippen LogP) is 2.66. The van der Waals surface area contributed by atoms with Gasteiger partial charge in [-0.3, -0.25) is 10.1 Å². The Hall–Kier alpha value is -2.16. The lowest BCUT2D eigenvalue weighted by Crippen LogP contribution is -2.29. The number of sulfonamides is 1. The number of rotatable bonds is 4. The number of nitrogens with zero attached hydrogens (tertiary/aromatic N) is 1. The number of fused-ring (bicyclic) bond motifs is 1. The maximum absolute atomic E-state index is 12.4. The molecule has 120 valence electrons. The van der Waals surface area contributed by atoms with Crippen molar-refractivity contribution >= 4 is 27.3 Å². The molecular weight excluding hydrogens is 344 g/mol. The second-order valence-corrected chi connectivity index (χ2v) is 7.07. The Morgan fingerprint density at radius 3 is 2.57 bits per heavy atom. The van der Waals surface area contributed by atoms with Crippen molar-refractivity contribution in [3.8, 4) is 5.75 Å². The summed E-state index contributed by atoms with van der Waals surface area (Å²) in [5.41, 5.74) is 0.321. The molecule has 3 rings (SSSR count). The molecular formula is C14H11ClN2O5S. The van der Waals surface area contributed by atoms with Crippen molar-refractivity contribution in [3.05, 3.63) is 63.2 Å². The van der Waals surface area contributed by atoms with Crippen LogP contribution in [0.2, 0.25) is 5.02 Å². The van der Waals surface area contributed by atoms with Gasteiger partial charge in [-0.1, -0.05) is 11.6 Å². The zero-order chi connectivity index (χ0) is 16.6. The molecule has 0 radical (unpaired) electrons. The number of ether oxygens (including phenoxy) is 1. The molecule has 0 fully saturated rings. The van der Waals surface area contributed by atoms with Gasteiger partial charge in [0, 0.05) is 22.7 Å². The van der Waals surface area contributed by atoms with Gasteiger partial charge in [0.15, 0.2) is 0 Å². The second-order valence-electron chi connectivity index (χ2n) is 4.92. The minimum atomic E-state index is -3.79. The van der Waals surface area contributed by atoms with E-state index in [1.807, 2.05) is 0 Å². The largest absolute Gasteiger partial charge is 0.491 e. The van der Waals surface area contributed by atoms with Crippen LogP contribution in [0.5, 0.6) is 5.75 Å². The smallest absolute Gasteiger partial charge is 0.270 e. The summed E-state index contributed by atoms with van der Waals surface area (Å²) in [6.07, 6.45) is 0. The summed E-state index contributed by atoms with van der Waals surface area (Å²) in [6.45, 7) is 0.0727. The molecule has 0 saturated heterocycles. The molecule has 1 atom stereocenters. The maximum atomic E-state index is 12.4. The van der Waals surface area contributed by atoms with Gasteiger partial charge in [-0.05, 0) is 30.3 Å².